The second-order valence-electron chi connectivity index (χ2n) is 10.8. The quantitative estimate of drug-likeness (QED) is 0.200. The van der Waals surface area contributed by atoms with Crippen LogP contribution in [0.25, 0.3) is 22.2 Å². The molecule has 0 unspecified atom stereocenters. The first-order valence-corrected chi connectivity index (χ1v) is 15.2. The lowest BCUT2D eigenvalue weighted by Crippen LogP contribution is -2.20. The van der Waals surface area contributed by atoms with E-state index in [4.69, 9.17) is 25.1 Å². The summed E-state index contributed by atoms with van der Waals surface area (Å²) < 4.78 is 33.7. The molecule has 236 valence electrons. The fraction of sp³-hybridized carbons (Fsp3) is 0.312. The molecule has 1 saturated heterocycles. The lowest BCUT2D eigenvalue weighted by atomic mass is 10.1. The fourth-order valence-corrected chi connectivity index (χ4v) is 5.69. The molecule has 0 bridgehead atoms. The number of benzene rings is 2. The van der Waals surface area contributed by atoms with Crippen LogP contribution in [0.15, 0.2) is 61.2 Å². The number of halogens is 1. The Morgan fingerprint density at radius 1 is 1.11 bits per heavy atom. The van der Waals surface area contributed by atoms with E-state index in [1.807, 2.05) is 31.2 Å². The van der Waals surface area contributed by atoms with Crippen molar-refractivity contribution in [1.29, 1.82) is 0 Å². The number of fused-ring (bicyclic) bond motifs is 1. The third kappa shape index (κ3) is 8.32. The molecule has 0 aliphatic carbocycles. The minimum atomic E-state index is -0.787. The molecule has 2 aromatic carbocycles. The van der Waals surface area contributed by atoms with Gasteiger partial charge in [0, 0.05) is 55.4 Å². The van der Waals surface area contributed by atoms with E-state index in [9.17, 15) is 9.18 Å². The minimum Gasteiger partial charge on any atom is -0.488 e. The van der Waals surface area contributed by atoms with E-state index in [1.54, 1.807) is 42.6 Å². The van der Waals surface area contributed by atoms with Crippen molar-refractivity contribution in [3.63, 3.8) is 0 Å². The molecular weight excluding hydrogens is 599 g/mol. The monoisotopic (exact) mass is 634 g/mol. The number of nitrogens with two attached hydrogens (primary N) is 1. The minimum absolute atomic E-state index is 0.111. The number of hydrogen-bond acceptors (Lipinski definition) is 10. The Balaban J connectivity index is 0.000000515. The van der Waals surface area contributed by atoms with Crippen molar-refractivity contribution in [1.82, 2.24) is 24.4 Å². The van der Waals surface area contributed by atoms with Crippen LogP contribution in [-0.2, 0) is 16.1 Å². The molecule has 13 heteroatoms. The van der Waals surface area contributed by atoms with Crippen molar-refractivity contribution in [2.75, 3.05) is 39.6 Å². The molecule has 4 heterocycles. The average molecular weight is 635 g/mol. The number of aromatic nitrogens is 4. The molecule has 1 aliphatic rings. The highest BCUT2D eigenvalue weighted by molar-refractivity contribution is 7.11. The van der Waals surface area contributed by atoms with Crippen LogP contribution in [-0.4, -0.2) is 69.3 Å². The van der Waals surface area contributed by atoms with E-state index >= 15 is 0 Å². The van der Waals surface area contributed by atoms with Crippen molar-refractivity contribution in [3.8, 4) is 28.4 Å². The second kappa shape index (κ2) is 14.5. The number of anilines is 1. The number of carboxylic acids is 1. The largest absolute Gasteiger partial charge is 0.488 e. The van der Waals surface area contributed by atoms with Crippen LogP contribution in [0.2, 0.25) is 0 Å². The van der Waals surface area contributed by atoms with Crippen LogP contribution in [0.1, 0.15) is 28.8 Å². The number of aliphatic carboxylic acids is 1. The first kappa shape index (κ1) is 31.8. The summed E-state index contributed by atoms with van der Waals surface area (Å²) in [5, 5.41) is 9.83. The van der Waals surface area contributed by atoms with Gasteiger partial charge in [-0.1, -0.05) is 12.1 Å². The van der Waals surface area contributed by atoms with Gasteiger partial charge in [-0.15, -0.1) is 11.3 Å². The van der Waals surface area contributed by atoms with Crippen molar-refractivity contribution in [2.45, 2.75) is 32.4 Å². The molecule has 0 atom stereocenters. The Morgan fingerprint density at radius 2 is 1.84 bits per heavy atom. The Morgan fingerprint density at radius 3 is 2.49 bits per heavy atom. The number of aryl methyl sites for hydroxylation is 1. The molecule has 3 N–H and O–H groups in total. The fourth-order valence-electron chi connectivity index (χ4n) is 4.98. The van der Waals surface area contributed by atoms with Crippen LogP contribution in [0.4, 0.5) is 10.2 Å². The summed E-state index contributed by atoms with van der Waals surface area (Å²) in [7, 11) is 3.43. The van der Waals surface area contributed by atoms with E-state index in [-0.39, 0.29) is 6.54 Å². The molecule has 0 saturated carbocycles. The third-order valence-electron chi connectivity index (χ3n) is 6.97. The van der Waals surface area contributed by atoms with Gasteiger partial charge in [0.1, 0.15) is 47.5 Å². The molecule has 3 aromatic heterocycles. The number of nitrogen functional groups attached to an aromatic ring is 1. The molecule has 1 aliphatic heterocycles. The zero-order valence-electron chi connectivity index (χ0n) is 25.3. The number of hydrogen-bond donors (Lipinski definition) is 2. The first-order chi connectivity index (χ1) is 21.7. The molecule has 11 nitrogen and oxygen atoms in total. The highest BCUT2D eigenvalue weighted by Crippen LogP contribution is 2.37. The maximum absolute atomic E-state index is 14.3. The standard InChI is InChI=1S/C28H26FN5O3S.C4H9NO2/c1-17-31-13-24(38-17)15-36-22-10-19(29)11-23(12-22)37-21-4-2-18(3-5-21)25-14-34(20-6-8-35-9-7-20)28-26(25)27(30)32-16-33-28;1-5(2)3-4(6)7/h2-5,10-14,16,20H,6-9,15H2,1H3,(H2,30,32,33);3H2,1-2H3,(H,6,7). The summed E-state index contributed by atoms with van der Waals surface area (Å²) in [5.41, 5.74) is 9.03. The number of thiazole rings is 1. The topological polar surface area (TPSA) is 138 Å². The molecule has 1 fully saturated rings. The predicted molar refractivity (Wildman–Crippen MR) is 170 cm³/mol. The zero-order chi connectivity index (χ0) is 31.9. The molecule has 6 rings (SSSR count). The normalized spacial score (nSPS) is 13.4. The van der Waals surface area contributed by atoms with Gasteiger partial charge in [-0.3, -0.25) is 9.69 Å². The summed E-state index contributed by atoms with van der Waals surface area (Å²) in [6, 6.07) is 12.2. The van der Waals surface area contributed by atoms with Crippen molar-refractivity contribution in [3.05, 3.63) is 76.9 Å². The van der Waals surface area contributed by atoms with Gasteiger partial charge in [-0.05, 0) is 51.6 Å². The van der Waals surface area contributed by atoms with E-state index in [1.165, 1.54) is 18.5 Å². The van der Waals surface area contributed by atoms with Crippen LogP contribution in [0.5, 0.6) is 17.2 Å². The van der Waals surface area contributed by atoms with Gasteiger partial charge in [0.15, 0.2) is 0 Å². The van der Waals surface area contributed by atoms with Gasteiger partial charge in [0.25, 0.3) is 0 Å². The highest BCUT2D eigenvalue weighted by atomic mass is 32.1. The zero-order valence-corrected chi connectivity index (χ0v) is 26.1. The Labute approximate surface area is 264 Å². The molecule has 0 amide bonds. The number of nitrogens with zero attached hydrogens (tertiary/aromatic N) is 5. The molecular formula is C32H35FN6O5S. The number of likely N-dealkylation sites (N-methyl/N-ethyl adjacent to an activating group) is 1. The van der Waals surface area contributed by atoms with Crippen molar-refractivity contribution >= 4 is 34.2 Å². The second-order valence-corrected chi connectivity index (χ2v) is 12.1. The Hall–Kier alpha value is -4.59. The maximum Gasteiger partial charge on any atom is 0.317 e. The Bertz CT molecular complexity index is 1750. The predicted octanol–water partition coefficient (Wildman–Crippen LogP) is 5.94. The van der Waals surface area contributed by atoms with Gasteiger partial charge >= 0.3 is 5.97 Å². The summed E-state index contributed by atoms with van der Waals surface area (Å²) in [6.07, 6.45) is 7.21. The van der Waals surface area contributed by atoms with Gasteiger partial charge in [0.2, 0.25) is 0 Å². The summed E-state index contributed by atoms with van der Waals surface area (Å²) in [6.45, 7) is 3.81. The summed E-state index contributed by atoms with van der Waals surface area (Å²) in [5.74, 6) is 0.523. The van der Waals surface area contributed by atoms with E-state index in [2.05, 4.69) is 25.7 Å². The Kier molecular flexibility index (Phi) is 10.2. The van der Waals surface area contributed by atoms with Gasteiger partial charge < -0.3 is 29.6 Å². The number of rotatable bonds is 9. The highest BCUT2D eigenvalue weighted by Gasteiger charge is 2.22. The van der Waals surface area contributed by atoms with Crippen LogP contribution < -0.4 is 15.2 Å². The van der Waals surface area contributed by atoms with Crippen LogP contribution >= 0.6 is 11.3 Å². The van der Waals surface area contributed by atoms with E-state index < -0.39 is 11.8 Å². The molecule has 45 heavy (non-hydrogen) atoms. The molecule has 5 aromatic rings. The lowest BCUT2D eigenvalue weighted by Gasteiger charge is -2.24. The van der Waals surface area contributed by atoms with Crippen molar-refractivity contribution < 1.29 is 28.5 Å². The maximum atomic E-state index is 14.3. The third-order valence-corrected chi connectivity index (χ3v) is 7.86. The summed E-state index contributed by atoms with van der Waals surface area (Å²) >= 11 is 1.54. The average Bonchev–Trinajstić information content (AvgIpc) is 3.61. The number of ether oxygens (including phenoxy) is 3. The first-order valence-electron chi connectivity index (χ1n) is 14.3. The van der Waals surface area contributed by atoms with E-state index in [0.717, 1.165) is 58.1 Å². The van der Waals surface area contributed by atoms with Gasteiger partial charge in [0.05, 0.1) is 21.8 Å². The van der Waals surface area contributed by atoms with Crippen LogP contribution in [0.3, 0.4) is 0 Å². The van der Waals surface area contributed by atoms with Crippen molar-refractivity contribution in [2.24, 2.45) is 0 Å². The van der Waals surface area contributed by atoms with Crippen LogP contribution in [0, 0.1) is 12.7 Å². The summed E-state index contributed by atoms with van der Waals surface area (Å²) in [4.78, 5) is 25.3. The molecule has 0 radical (unpaired) electrons. The number of carbonyl (C=O) groups is 1. The smallest absolute Gasteiger partial charge is 0.317 e. The van der Waals surface area contributed by atoms with Gasteiger partial charge in [-0.25, -0.2) is 19.3 Å². The van der Waals surface area contributed by atoms with Gasteiger partial charge in [-0.2, -0.15) is 0 Å². The number of carboxylic acid groups (broad SMARTS) is 1. The van der Waals surface area contributed by atoms with E-state index in [0.29, 0.717) is 35.7 Å². The molecule has 0 spiro atoms. The SMILES string of the molecule is CN(C)CC(=O)O.Cc1ncc(COc2cc(F)cc(Oc3ccc(-c4cn(C5CCOCC5)c5ncnc(N)c45)cc3)c2)s1. The lowest BCUT2D eigenvalue weighted by molar-refractivity contribution is -0.137.